The molecule has 1 unspecified atom stereocenters. The number of aromatic nitrogens is 1. The zero-order valence-electron chi connectivity index (χ0n) is 14.1. The molecule has 3 amide bonds. The Labute approximate surface area is 141 Å². The van der Waals surface area contributed by atoms with Gasteiger partial charge in [-0.05, 0) is 26.3 Å². The first-order valence-corrected chi connectivity index (χ1v) is 7.89. The van der Waals surface area contributed by atoms with Gasteiger partial charge in [0.1, 0.15) is 11.8 Å². The summed E-state index contributed by atoms with van der Waals surface area (Å²) < 4.78 is 4.91. The summed E-state index contributed by atoms with van der Waals surface area (Å²) >= 11 is 0. The van der Waals surface area contributed by atoms with Crippen LogP contribution in [0.5, 0.6) is 0 Å². The van der Waals surface area contributed by atoms with Crippen molar-refractivity contribution in [3.63, 3.8) is 0 Å². The van der Waals surface area contributed by atoms with Crippen LogP contribution in [-0.4, -0.2) is 35.1 Å². The van der Waals surface area contributed by atoms with Gasteiger partial charge in [0.15, 0.2) is 5.82 Å². The molecule has 0 bridgehead atoms. The summed E-state index contributed by atoms with van der Waals surface area (Å²) in [7, 11) is 0. The first kappa shape index (κ1) is 17.5. The van der Waals surface area contributed by atoms with Crippen LogP contribution in [0.25, 0.3) is 0 Å². The van der Waals surface area contributed by atoms with Crippen LogP contribution in [0, 0.1) is 6.92 Å². The van der Waals surface area contributed by atoms with E-state index < -0.39 is 12.1 Å². The Bertz CT molecular complexity index is 680. The summed E-state index contributed by atoms with van der Waals surface area (Å²) in [5.41, 5.74) is 0.723. The Morgan fingerprint density at radius 1 is 1.21 bits per heavy atom. The monoisotopic (exact) mass is 330 g/mol. The lowest BCUT2D eigenvalue weighted by Gasteiger charge is -2.26. The Balaban J connectivity index is 2.16. The maximum atomic E-state index is 12.7. The molecule has 1 atom stereocenters. The summed E-state index contributed by atoms with van der Waals surface area (Å²) in [6.07, 6.45) is 0. The quantitative estimate of drug-likeness (QED) is 0.852. The lowest BCUT2D eigenvalue weighted by molar-refractivity contribution is -0.132. The number of urea groups is 1. The lowest BCUT2D eigenvalue weighted by atomic mass is 10.1. The Morgan fingerprint density at radius 3 is 2.42 bits per heavy atom. The fraction of sp³-hybridized carbons (Fsp3) is 0.353. The highest BCUT2D eigenvalue weighted by atomic mass is 16.5. The number of rotatable bonds is 6. The van der Waals surface area contributed by atoms with Gasteiger partial charge in [-0.1, -0.05) is 35.5 Å². The summed E-state index contributed by atoms with van der Waals surface area (Å²) in [6, 6.07) is 9.47. The summed E-state index contributed by atoms with van der Waals surface area (Å²) in [5, 5.41) is 8.99. The minimum absolute atomic E-state index is 0.155. The van der Waals surface area contributed by atoms with Gasteiger partial charge in [-0.2, -0.15) is 0 Å². The molecule has 24 heavy (non-hydrogen) atoms. The molecule has 7 nitrogen and oxygen atoms in total. The molecule has 0 spiro atoms. The molecule has 0 aliphatic carbocycles. The molecule has 7 heteroatoms. The van der Waals surface area contributed by atoms with Crippen molar-refractivity contribution in [3.05, 3.63) is 47.7 Å². The highest BCUT2D eigenvalue weighted by molar-refractivity contribution is 5.93. The van der Waals surface area contributed by atoms with Crippen molar-refractivity contribution >= 4 is 17.8 Å². The number of hydrogen-bond acceptors (Lipinski definition) is 4. The third kappa shape index (κ3) is 4.34. The first-order chi connectivity index (χ1) is 11.5. The van der Waals surface area contributed by atoms with Crippen LogP contribution in [0.1, 0.15) is 31.2 Å². The van der Waals surface area contributed by atoms with Gasteiger partial charge in [0.25, 0.3) is 0 Å². The molecule has 0 saturated heterocycles. The number of amides is 3. The van der Waals surface area contributed by atoms with Gasteiger partial charge in [-0.15, -0.1) is 0 Å². The number of hydrogen-bond donors (Lipinski definition) is 2. The number of anilines is 1. The van der Waals surface area contributed by atoms with E-state index in [4.69, 9.17) is 4.52 Å². The van der Waals surface area contributed by atoms with E-state index in [0.717, 1.165) is 5.56 Å². The molecule has 0 fully saturated rings. The fourth-order valence-corrected chi connectivity index (χ4v) is 2.36. The number of nitrogens with one attached hydrogen (secondary N) is 2. The van der Waals surface area contributed by atoms with E-state index in [1.54, 1.807) is 17.9 Å². The van der Waals surface area contributed by atoms with Crippen LogP contribution in [0.3, 0.4) is 0 Å². The maximum Gasteiger partial charge on any atom is 0.321 e. The molecule has 0 radical (unpaired) electrons. The fourth-order valence-electron chi connectivity index (χ4n) is 2.36. The van der Waals surface area contributed by atoms with Gasteiger partial charge in [0.2, 0.25) is 5.91 Å². The summed E-state index contributed by atoms with van der Waals surface area (Å²) in [6.45, 7) is 6.69. The van der Waals surface area contributed by atoms with E-state index in [1.807, 2.05) is 44.2 Å². The lowest BCUT2D eigenvalue weighted by Crippen LogP contribution is -2.44. The molecular formula is C17H22N4O3. The number of likely N-dealkylation sites (N-methyl/N-ethyl adjacent to an activating group) is 1. The number of carbonyl (C=O) groups is 2. The van der Waals surface area contributed by atoms with Crippen LogP contribution in [0.4, 0.5) is 10.6 Å². The predicted molar refractivity (Wildman–Crippen MR) is 90.5 cm³/mol. The minimum Gasteiger partial charge on any atom is -0.360 e. The standard InChI is InChI=1S/C17H22N4O3/c1-4-21(5-2)16(22)15(13-9-7-6-8-10-13)19-17(23)18-14-11-12(3)24-20-14/h6-11,15H,4-5H2,1-3H3,(H2,18,19,20,23). The van der Waals surface area contributed by atoms with Crippen LogP contribution in [0.15, 0.2) is 40.9 Å². The van der Waals surface area contributed by atoms with Gasteiger partial charge in [0.05, 0.1) is 0 Å². The van der Waals surface area contributed by atoms with Gasteiger partial charge >= 0.3 is 6.03 Å². The number of nitrogens with zero attached hydrogens (tertiary/aromatic N) is 2. The summed E-state index contributed by atoms with van der Waals surface area (Å²) in [5.74, 6) is 0.730. The van der Waals surface area contributed by atoms with E-state index in [1.165, 1.54) is 0 Å². The molecular weight excluding hydrogens is 308 g/mol. The predicted octanol–water partition coefficient (Wildman–Crippen LogP) is 2.71. The van der Waals surface area contributed by atoms with Crippen molar-refractivity contribution in [3.8, 4) is 0 Å². The number of carbonyl (C=O) groups excluding carboxylic acids is 2. The highest BCUT2D eigenvalue weighted by Gasteiger charge is 2.26. The van der Waals surface area contributed by atoms with Crippen LogP contribution in [-0.2, 0) is 4.79 Å². The van der Waals surface area contributed by atoms with E-state index in [2.05, 4.69) is 15.8 Å². The smallest absolute Gasteiger partial charge is 0.321 e. The molecule has 0 saturated carbocycles. The molecule has 2 N–H and O–H groups in total. The normalized spacial score (nSPS) is 11.6. The first-order valence-electron chi connectivity index (χ1n) is 7.89. The Hall–Kier alpha value is -2.83. The van der Waals surface area contributed by atoms with E-state index >= 15 is 0 Å². The average molecular weight is 330 g/mol. The minimum atomic E-state index is -0.765. The Morgan fingerprint density at radius 2 is 1.88 bits per heavy atom. The molecule has 1 aromatic heterocycles. The van der Waals surface area contributed by atoms with Crippen molar-refractivity contribution in [2.24, 2.45) is 0 Å². The van der Waals surface area contributed by atoms with Crippen molar-refractivity contribution in [1.82, 2.24) is 15.4 Å². The molecule has 1 aromatic carbocycles. The van der Waals surface area contributed by atoms with E-state index in [9.17, 15) is 9.59 Å². The molecule has 1 heterocycles. The maximum absolute atomic E-state index is 12.7. The third-order valence-corrected chi connectivity index (χ3v) is 3.60. The summed E-state index contributed by atoms with van der Waals surface area (Å²) in [4.78, 5) is 26.7. The second-order valence-electron chi connectivity index (χ2n) is 5.28. The van der Waals surface area contributed by atoms with Gasteiger partial charge in [0, 0.05) is 19.2 Å². The SMILES string of the molecule is CCN(CC)C(=O)C(NC(=O)Nc1cc(C)on1)c1ccccc1. The highest BCUT2D eigenvalue weighted by Crippen LogP contribution is 2.16. The third-order valence-electron chi connectivity index (χ3n) is 3.60. The molecule has 128 valence electrons. The van der Waals surface area contributed by atoms with Crippen molar-refractivity contribution < 1.29 is 14.1 Å². The number of benzene rings is 1. The van der Waals surface area contributed by atoms with E-state index in [-0.39, 0.29) is 5.91 Å². The topological polar surface area (TPSA) is 87.5 Å². The largest absolute Gasteiger partial charge is 0.360 e. The van der Waals surface area contributed by atoms with Crippen molar-refractivity contribution in [1.29, 1.82) is 0 Å². The van der Waals surface area contributed by atoms with Gasteiger partial charge in [-0.3, -0.25) is 10.1 Å². The van der Waals surface area contributed by atoms with Crippen LogP contribution in [0.2, 0.25) is 0 Å². The van der Waals surface area contributed by atoms with Crippen molar-refractivity contribution in [2.45, 2.75) is 26.8 Å². The van der Waals surface area contributed by atoms with E-state index in [0.29, 0.717) is 24.7 Å². The molecule has 2 rings (SSSR count). The second-order valence-corrected chi connectivity index (χ2v) is 5.28. The molecule has 2 aromatic rings. The van der Waals surface area contributed by atoms with Gasteiger partial charge in [-0.25, -0.2) is 4.79 Å². The average Bonchev–Trinajstić information content (AvgIpc) is 2.99. The zero-order valence-corrected chi connectivity index (χ0v) is 14.1. The van der Waals surface area contributed by atoms with Gasteiger partial charge < -0.3 is 14.7 Å². The Kier molecular flexibility index (Phi) is 5.95. The zero-order chi connectivity index (χ0) is 17.5. The molecule has 0 aliphatic rings. The van der Waals surface area contributed by atoms with Crippen LogP contribution < -0.4 is 10.6 Å². The second kappa shape index (κ2) is 8.14. The van der Waals surface area contributed by atoms with Crippen LogP contribution >= 0.6 is 0 Å². The molecule has 0 aliphatic heterocycles. The van der Waals surface area contributed by atoms with Crippen molar-refractivity contribution in [2.75, 3.05) is 18.4 Å². The number of aryl methyl sites for hydroxylation is 1.